The second-order valence-corrected chi connectivity index (χ2v) is 12.4. The molecule has 0 atom stereocenters. The van der Waals surface area contributed by atoms with Crippen molar-refractivity contribution < 1.29 is 43.9 Å². The van der Waals surface area contributed by atoms with Crippen molar-refractivity contribution >= 4 is 26.0 Å². The molecule has 0 saturated heterocycles. The first-order valence-electron chi connectivity index (χ1n) is 9.23. The fourth-order valence-corrected chi connectivity index (χ4v) is 7.89. The van der Waals surface area contributed by atoms with E-state index in [1.54, 1.807) is 0 Å². The molecule has 4 rings (SSSR count). The third kappa shape index (κ3) is 4.27. The molecular weight excluding hydrogens is 442 g/mol. The van der Waals surface area contributed by atoms with Crippen LogP contribution in [-0.4, -0.2) is 46.8 Å². The van der Waals surface area contributed by atoms with Crippen molar-refractivity contribution in [3.63, 3.8) is 0 Å². The Morgan fingerprint density at radius 3 is 1.86 bits per heavy atom. The number of ether oxygens (including phenoxy) is 1. The first kappa shape index (κ1) is 22.7. The normalized spacial score (nSPS) is 32.4. The van der Waals surface area contributed by atoms with E-state index in [2.05, 4.69) is 0 Å². The third-order valence-electron chi connectivity index (χ3n) is 6.14. The Hall–Kier alpha value is -0.950. The van der Waals surface area contributed by atoms with Gasteiger partial charge in [0, 0.05) is 0 Å². The molecule has 7 nitrogen and oxygen atoms in total. The van der Waals surface area contributed by atoms with Gasteiger partial charge in [-0.1, -0.05) is 0 Å². The fourth-order valence-electron chi connectivity index (χ4n) is 5.38. The molecule has 0 amide bonds. The maximum atomic E-state index is 13.9. The van der Waals surface area contributed by atoms with E-state index < -0.39 is 55.6 Å². The van der Waals surface area contributed by atoms with Crippen molar-refractivity contribution in [1.29, 1.82) is 0 Å². The van der Waals surface area contributed by atoms with Gasteiger partial charge in [0.1, 0.15) is 0 Å². The van der Waals surface area contributed by atoms with Crippen LogP contribution in [0.25, 0.3) is 0 Å². The van der Waals surface area contributed by atoms with Gasteiger partial charge in [0.2, 0.25) is 10.0 Å². The summed E-state index contributed by atoms with van der Waals surface area (Å²) < 4.78 is 106. The van der Waals surface area contributed by atoms with Crippen molar-refractivity contribution in [2.24, 2.45) is 23.2 Å². The highest BCUT2D eigenvalue weighted by atomic mass is 32.3. The van der Waals surface area contributed by atoms with Crippen LogP contribution in [0.15, 0.2) is 0 Å². The Balaban J connectivity index is 1.62. The summed E-state index contributed by atoms with van der Waals surface area (Å²) in [6.45, 7) is -1.10. The van der Waals surface area contributed by atoms with Crippen molar-refractivity contribution in [3.05, 3.63) is 0 Å². The summed E-state index contributed by atoms with van der Waals surface area (Å²) in [6, 6.07) is 0. The topological polar surface area (TPSA) is 107 Å². The molecule has 4 aliphatic rings. The molecule has 4 saturated carbocycles. The van der Waals surface area contributed by atoms with Crippen LogP contribution in [0, 0.1) is 23.2 Å². The molecule has 13 heteroatoms. The van der Waals surface area contributed by atoms with Crippen LogP contribution < -0.4 is 4.13 Å². The van der Waals surface area contributed by atoms with Gasteiger partial charge in [0.15, 0.2) is 0 Å². The minimum absolute atomic E-state index is 0.242. The first-order valence-corrected chi connectivity index (χ1v) is 12.6. The predicted molar refractivity (Wildman–Crippen MR) is 93.0 cm³/mol. The van der Waals surface area contributed by atoms with Crippen LogP contribution in [0.3, 0.4) is 0 Å². The molecular formula is C16H23F4NO6S2. The Morgan fingerprint density at radius 1 is 1.00 bits per heavy atom. The summed E-state index contributed by atoms with van der Waals surface area (Å²) in [4.78, 5) is 12.6. The largest absolute Gasteiger partial charge is 0.465 e. The minimum atomic E-state index is -6.22. The van der Waals surface area contributed by atoms with E-state index in [9.17, 15) is 39.2 Å². The van der Waals surface area contributed by atoms with Crippen LogP contribution >= 0.6 is 0 Å². The lowest BCUT2D eigenvalue weighted by Gasteiger charge is -2.55. The second kappa shape index (κ2) is 7.04. The van der Waals surface area contributed by atoms with Crippen LogP contribution in [0.4, 0.5) is 17.6 Å². The van der Waals surface area contributed by atoms with Gasteiger partial charge in [0.05, 0.1) is 24.7 Å². The molecule has 0 radical (unpaired) electrons. The van der Waals surface area contributed by atoms with E-state index in [0.717, 1.165) is 19.3 Å². The summed E-state index contributed by atoms with van der Waals surface area (Å²) in [5.74, 6) is -4.70. The Labute approximate surface area is 166 Å². The van der Waals surface area contributed by atoms with Crippen molar-refractivity contribution in [3.8, 4) is 0 Å². The highest BCUT2D eigenvalue weighted by Gasteiger charge is 2.66. The Bertz CT molecular complexity index is 852. The minimum Gasteiger partial charge on any atom is -0.465 e. The van der Waals surface area contributed by atoms with E-state index in [1.807, 2.05) is 0 Å². The summed E-state index contributed by atoms with van der Waals surface area (Å²) in [5.41, 5.74) is -0.767. The van der Waals surface area contributed by atoms with Crippen LogP contribution in [0.1, 0.15) is 44.9 Å². The molecule has 4 bridgehead atoms. The Kier molecular flexibility index (Phi) is 5.52. The maximum absolute atomic E-state index is 13.9. The lowest BCUT2D eigenvalue weighted by molar-refractivity contribution is -0.184. The molecule has 0 heterocycles. The highest BCUT2D eigenvalue weighted by molar-refractivity contribution is 8.04. The predicted octanol–water partition coefficient (Wildman–Crippen LogP) is 2.24. The molecule has 0 aromatic carbocycles. The molecule has 0 aromatic heterocycles. The monoisotopic (exact) mass is 465 g/mol. The number of esters is 1. The van der Waals surface area contributed by atoms with Crippen LogP contribution in [-0.2, 0) is 29.6 Å². The average molecular weight is 465 g/mol. The summed E-state index contributed by atoms with van der Waals surface area (Å²) in [7, 11) is -10.9. The molecule has 4 fully saturated rings. The quantitative estimate of drug-likeness (QED) is 0.435. The summed E-state index contributed by atoms with van der Waals surface area (Å²) in [6.07, 6.45) is 3.35. The molecule has 168 valence electrons. The lowest BCUT2D eigenvalue weighted by Crippen LogP contribution is -2.54. The second-order valence-electron chi connectivity index (χ2n) is 8.66. The van der Waals surface area contributed by atoms with E-state index in [-0.39, 0.29) is 6.26 Å². The van der Waals surface area contributed by atoms with Crippen molar-refractivity contribution in [2.45, 2.75) is 56.1 Å². The van der Waals surface area contributed by atoms with Gasteiger partial charge >= 0.3 is 17.1 Å². The number of rotatable bonds is 8. The average Bonchev–Trinajstić information content (AvgIpc) is 2.50. The number of alkyl halides is 4. The Morgan fingerprint density at radius 2 is 1.45 bits per heavy atom. The first-order chi connectivity index (χ1) is 13.1. The van der Waals surface area contributed by atoms with E-state index in [1.165, 1.54) is 0 Å². The van der Waals surface area contributed by atoms with Crippen molar-refractivity contribution in [2.75, 3.05) is 12.9 Å². The van der Waals surface area contributed by atoms with E-state index in [4.69, 9.17) is 4.74 Å². The number of carbonyl (C=O) groups is 1. The molecule has 4 aliphatic carbocycles. The number of sulfonamides is 2. The third-order valence-corrected chi connectivity index (χ3v) is 9.21. The number of nitrogens with one attached hydrogen (secondary N) is 1. The van der Waals surface area contributed by atoms with Gasteiger partial charge in [-0.15, -0.1) is 4.13 Å². The number of halogens is 4. The molecule has 0 aromatic rings. The zero-order valence-electron chi connectivity index (χ0n) is 15.7. The smallest absolute Gasteiger partial charge is 0.421 e. The van der Waals surface area contributed by atoms with Gasteiger partial charge in [0.25, 0.3) is 10.0 Å². The lowest BCUT2D eigenvalue weighted by atomic mass is 9.49. The van der Waals surface area contributed by atoms with Gasteiger partial charge in [-0.05, 0) is 56.3 Å². The summed E-state index contributed by atoms with van der Waals surface area (Å²) >= 11 is 0. The van der Waals surface area contributed by atoms with E-state index in [0.29, 0.717) is 41.1 Å². The fraction of sp³-hybridized carbons (Fsp3) is 0.938. The van der Waals surface area contributed by atoms with Gasteiger partial charge < -0.3 is 4.74 Å². The molecule has 1 N–H and O–H groups in total. The van der Waals surface area contributed by atoms with Crippen LogP contribution in [0.5, 0.6) is 0 Å². The maximum Gasteiger partial charge on any atom is 0.421 e. The zero-order chi connectivity index (χ0) is 21.9. The molecule has 0 aliphatic heterocycles. The van der Waals surface area contributed by atoms with Gasteiger partial charge in [-0.25, -0.2) is 16.8 Å². The van der Waals surface area contributed by atoms with Crippen molar-refractivity contribution in [1.82, 2.24) is 4.13 Å². The van der Waals surface area contributed by atoms with Gasteiger partial charge in [-0.2, -0.15) is 17.6 Å². The SMILES string of the molecule is CS(=O)(=O)NS(=O)(=O)C(F)(F)C(F)(F)CCOC(=O)C12CC3CC(CC(C3)C1)C2. The number of hydrogen-bond donors (Lipinski definition) is 1. The number of hydrogen-bond acceptors (Lipinski definition) is 6. The number of carbonyl (C=O) groups excluding carboxylic acids is 1. The molecule has 29 heavy (non-hydrogen) atoms. The van der Waals surface area contributed by atoms with Crippen LogP contribution in [0.2, 0.25) is 0 Å². The van der Waals surface area contributed by atoms with E-state index >= 15 is 0 Å². The molecule has 0 spiro atoms. The van der Waals surface area contributed by atoms with Gasteiger partial charge in [-0.3, -0.25) is 4.79 Å². The molecule has 0 unspecified atom stereocenters. The summed E-state index contributed by atoms with van der Waals surface area (Å²) in [5, 5.41) is -5.71. The highest BCUT2D eigenvalue weighted by Crippen LogP contribution is 2.60. The standard InChI is InChI=1S/C16H23F4NO6S2/c1-28(23,24)21-29(25,26)16(19,20)15(17,18)2-3-27-13(22)14-7-10-4-11(8-14)6-12(5-10)9-14/h10-12,21H,2-9H2,1H3. The zero-order valence-corrected chi connectivity index (χ0v) is 17.3.